The van der Waals surface area contributed by atoms with Gasteiger partial charge in [-0.3, -0.25) is 14.7 Å². The second-order valence-electron chi connectivity index (χ2n) is 6.14. The van der Waals surface area contributed by atoms with E-state index in [-0.39, 0.29) is 36.0 Å². The lowest BCUT2D eigenvalue weighted by molar-refractivity contribution is -0.147. The average molecular weight is 442 g/mol. The number of hydrogen-bond acceptors (Lipinski definition) is 4. The average Bonchev–Trinajstić information content (AvgIpc) is 2.39. The van der Waals surface area contributed by atoms with E-state index >= 15 is 0 Å². The zero-order valence-corrected chi connectivity index (χ0v) is 18.0. The molecule has 0 aromatic carbocycles. The first-order chi connectivity index (χ1) is 10.3. The summed E-state index contributed by atoms with van der Waals surface area (Å²) < 4.78 is 5.09. The van der Waals surface area contributed by atoms with Crippen LogP contribution in [0.3, 0.4) is 0 Å². The fourth-order valence-corrected chi connectivity index (χ4v) is 2.24. The van der Waals surface area contributed by atoms with Crippen molar-refractivity contribution in [2.45, 2.75) is 66.2 Å². The summed E-state index contributed by atoms with van der Waals surface area (Å²) in [6, 6.07) is 1.03. The number of esters is 1. The molecule has 0 aliphatic heterocycles. The molecule has 6 nitrogen and oxygen atoms in total. The smallest absolute Gasteiger partial charge is 0.307 e. The van der Waals surface area contributed by atoms with Gasteiger partial charge in [-0.2, -0.15) is 0 Å². The largest absolute Gasteiger partial charge is 0.463 e. The predicted molar refractivity (Wildman–Crippen MR) is 108 cm³/mol. The third-order valence-corrected chi connectivity index (χ3v) is 3.20. The molecule has 0 spiro atoms. The molecule has 0 aromatic rings. The molecule has 138 valence electrons. The standard InChI is InChI=1S/C16H34N4O2.HI/c1-12(2)20(13(3)4)11-10-19-16(17-7)18-9-8-15(21)22-14(5)6;/h12-14H,8-11H2,1-7H3,(H2,17,18,19);1H. The Balaban J connectivity index is 0. The fraction of sp³-hybridized carbons (Fsp3) is 0.875. The summed E-state index contributed by atoms with van der Waals surface area (Å²) in [5.41, 5.74) is 0. The van der Waals surface area contributed by atoms with E-state index in [1.165, 1.54) is 0 Å². The maximum absolute atomic E-state index is 11.4. The molecule has 0 atom stereocenters. The van der Waals surface area contributed by atoms with Crippen LogP contribution >= 0.6 is 24.0 Å². The highest BCUT2D eigenvalue weighted by atomic mass is 127. The van der Waals surface area contributed by atoms with Crippen molar-refractivity contribution in [1.82, 2.24) is 15.5 Å². The minimum Gasteiger partial charge on any atom is -0.463 e. The van der Waals surface area contributed by atoms with Gasteiger partial charge in [0.25, 0.3) is 0 Å². The van der Waals surface area contributed by atoms with E-state index < -0.39 is 0 Å². The minimum atomic E-state index is -0.191. The van der Waals surface area contributed by atoms with Gasteiger partial charge in [0.05, 0.1) is 12.5 Å². The number of halogens is 1. The Morgan fingerprint density at radius 2 is 1.57 bits per heavy atom. The van der Waals surface area contributed by atoms with Crippen molar-refractivity contribution in [3.63, 3.8) is 0 Å². The molecule has 0 heterocycles. The van der Waals surface area contributed by atoms with Crippen LogP contribution in [0.25, 0.3) is 0 Å². The van der Waals surface area contributed by atoms with E-state index in [0.717, 1.165) is 13.1 Å². The van der Waals surface area contributed by atoms with Crippen molar-refractivity contribution in [2.75, 3.05) is 26.7 Å². The highest BCUT2D eigenvalue weighted by Crippen LogP contribution is 2.03. The Bertz CT molecular complexity index is 339. The zero-order valence-electron chi connectivity index (χ0n) is 15.7. The molecule has 0 aliphatic carbocycles. The van der Waals surface area contributed by atoms with E-state index in [9.17, 15) is 4.79 Å². The van der Waals surface area contributed by atoms with Gasteiger partial charge >= 0.3 is 5.97 Å². The van der Waals surface area contributed by atoms with Crippen LogP contribution in [0.2, 0.25) is 0 Å². The quantitative estimate of drug-likeness (QED) is 0.248. The Hall–Kier alpha value is -0.570. The van der Waals surface area contributed by atoms with Crippen LogP contribution in [0.15, 0.2) is 4.99 Å². The van der Waals surface area contributed by atoms with E-state index in [1.807, 2.05) is 13.8 Å². The summed E-state index contributed by atoms with van der Waals surface area (Å²) in [5, 5.41) is 6.39. The third-order valence-electron chi connectivity index (χ3n) is 3.20. The Kier molecular flexibility index (Phi) is 14.8. The second-order valence-corrected chi connectivity index (χ2v) is 6.14. The Morgan fingerprint density at radius 3 is 2.00 bits per heavy atom. The molecule has 0 amide bonds. The molecular formula is C16H35IN4O2. The summed E-state index contributed by atoms with van der Waals surface area (Å²) >= 11 is 0. The highest BCUT2D eigenvalue weighted by Gasteiger charge is 2.12. The molecule has 0 aromatic heterocycles. The SMILES string of the molecule is CN=C(NCCC(=O)OC(C)C)NCCN(C(C)C)C(C)C.I. The number of hydrogen-bond donors (Lipinski definition) is 2. The first kappa shape index (κ1) is 24.7. The zero-order chi connectivity index (χ0) is 17.1. The molecule has 0 unspecified atom stereocenters. The first-order valence-electron chi connectivity index (χ1n) is 8.17. The van der Waals surface area contributed by atoms with Crippen LogP contribution in [-0.4, -0.2) is 61.7 Å². The van der Waals surface area contributed by atoms with E-state index in [1.54, 1.807) is 7.05 Å². The van der Waals surface area contributed by atoms with Crippen molar-refractivity contribution < 1.29 is 9.53 Å². The molecule has 0 rings (SSSR count). The van der Waals surface area contributed by atoms with Crippen LogP contribution in [-0.2, 0) is 9.53 Å². The predicted octanol–water partition coefficient (Wildman–Crippen LogP) is 2.23. The van der Waals surface area contributed by atoms with Crippen LogP contribution in [0, 0.1) is 0 Å². The van der Waals surface area contributed by atoms with Crippen LogP contribution in [0.5, 0.6) is 0 Å². The topological polar surface area (TPSA) is 66.0 Å². The number of guanidine groups is 1. The summed E-state index contributed by atoms with van der Waals surface area (Å²) in [6.45, 7) is 14.8. The molecule has 23 heavy (non-hydrogen) atoms. The maximum atomic E-state index is 11.4. The normalized spacial score (nSPS) is 11.9. The molecule has 2 N–H and O–H groups in total. The molecule has 7 heteroatoms. The van der Waals surface area contributed by atoms with Crippen molar-refractivity contribution in [1.29, 1.82) is 0 Å². The molecule has 0 radical (unpaired) electrons. The van der Waals surface area contributed by atoms with Gasteiger partial charge in [0.2, 0.25) is 0 Å². The molecule has 0 fully saturated rings. The Morgan fingerprint density at radius 1 is 1.04 bits per heavy atom. The van der Waals surface area contributed by atoms with Crippen LogP contribution < -0.4 is 10.6 Å². The number of aliphatic imine (C=N–C) groups is 1. The van der Waals surface area contributed by atoms with E-state index in [4.69, 9.17) is 4.74 Å². The summed E-state index contributed by atoms with van der Waals surface area (Å²) in [5.74, 6) is 0.522. The van der Waals surface area contributed by atoms with Gasteiger partial charge in [0.1, 0.15) is 0 Å². The highest BCUT2D eigenvalue weighted by molar-refractivity contribution is 14.0. The third kappa shape index (κ3) is 12.5. The van der Waals surface area contributed by atoms with Crippen molar-refractivity contribution in [3.8, 4) is 0 Å². The number of carbonyl (C=O) groups is 1. The van der Waals surface area contributed by atoms with Gasteiger partial charge in [-0.25, -0.2) is 0 Å². The molecule has 0 saturated carbocycles. The first-order valence-corrected chi connectivity index (χ1v) is 8.17. The number of carbonyl (C=O) groups excluding carboxylic acids is 1. The second kappa shape index (κ2) is 13.8. The van der Waals surface area contributed by atoms with Crippen LogP contribution in [0.4, 0.5) is 0 Å². The summed E-state index contributed by atoms with van der Waals surface area (Å²) in [7, 11) is 1.73. The molecular weight excluding hydrogens is 407 g/mol. The van der Waals surface area contributed by atoms with Gasteiger partial charge in [0, 0.05) is 38.8 Å². The van der Waals surface area contributed by atoms with Crippen molar-refractivity contribution >= 4 is 35.9 Å². The number of nitrogens with zero attached hydrogens (tertiary/aromatic N) is 2. The van der Waals surface area contributed by atoms with E-state index in [2.05, 4.69) is 48.2 Å². The summed E-state index contributed by atoms with van der Waals surface area (Å²) in [4.78, 5) is 18.0. The number of nitrogens with one attached hydrogen (secondary N) is 2. The monoisotopic (exact) mass is 442 g/mol. The lowest BCUT2D eigenvalue weighted by Crippen LogP contribution is -2.45. The van der Waals surface area contributed by atoms with Gasteiger partial charge < -0.3 is 15.4 Å². The van der Waals surface area contributed by atoms with Gasteiger partial charge in [-0.15, -0.1) is 24.0 Å². The maximum Gasteiger partial charge on any atom is 0.307 e. The Labute approximate surface area is 158 Å². The molecule has 0 saturated heterocycles. The lowest BCUT2D eigenvalue weighted by atomic mass is 10.2. The fourth-order valence-electron chi connectivity index (χ4n) is 2.24. The summed E-state index contributed by atoms with van der Waals surface area (Å²) in [6.07, 6.45) is 0.270. The van der Waals surface area contributed by atoms with Gasteiger partial charge in [0.15, 0.2) is 5.96 Å². The van der Waals surface area contributed by atoms with Gasteiger partial charge in [-0.1, -0.05) is 0 Å². The van der Waals surface area contributed by atoms with Crippen molar-refractivity contribution in [2.24, 2.45) is 4.99 Å². The molecule has 0 aliphatic rings. The lowest BCUT2D eigenvalue weighted by Gasteiger charge is -2.30. The molecule has 0 bridgehead atoms. The van der Waals surface area contributed by atoms with Crippen molar-refractivity contribution in [3.05, 3.63) is 0 Å². The number of rotatable bonds is 9. The minimum absolute atomic E-state index is 0. The van der Waals surface area contributed by atoms with Gasteiger partial charge in [-0.05, 0) is 41.5 Å². The number of ether oxygens (including phenoxy) is 1. The van der Waals surface area contributed by atoms with Crippen LogP contribution in [0.1, 0.15) is 48.0 Å². The van der Waals surface area contributed by atoms with E-state index in [0.29, 0.717) is 31.0 Å².